The van der Waals surface area contributed by atoms with Gasteiger partial charge in [0.15, 0.2) is 6.10 Å². The van der Waals surface area contributed by atoms with Gasteiger partial charge in [0.05, 0.1) is 35.7 Å². The number of methoxy groups -OCH3 is 1. The van der Waals surface area contributed by atoms with Gasteiger partial charge in [-0.2, -0.15) is 4.31 Å². The summed E-state index contributed by atoms with van der Waals surface area (Å²) in [6, 6.07) is 18.9. The van der Waals surface area contributed by atoms with Crippen LogP contribution in [-0.2, 0) is 24.8 Å². The monoisotopic (exact) mass is 615 g/mol. The van der Waals surface area contributed by atoms with Crippen LogP contribution in [-0.4, -0.2) is 73.0 Å². The average molecular weight is 616 g/mol. The van der Waals surface area contributed by atoms with Gasteiger partial charge in [-0.05, 0) is 73.5 Å². The van der Waals surface area contributed by atoms with E-state index in [1.807, 2.05) is 0 Å². The second-order valence-corrected chi connectivity index (χ2v) is 13.7. The molecule has 3 aromatic rings. The summed E-state index contributed by atoms with van der Waals surface area (Å²) in [5, 5.41) is 2.73. The standard InChI is InChI=1S/C29H33N3O8S2/c1-38-22-9-13-25(14-10-22)42(36,37)32-21-28(40-27-8-4-3-7-26(27)32)29(33)30-17-20-39-23-11-15-24(16-12-23)41(34,35)31-18-5-2-6-19-31/h3-4,7-16,28H,2,5-6,17-21H2,1H3,(H,30,33)/t28-/m0/s1. The maximum Gasteiger partial charge on any atom is 0.264 e. The van der Waals surface area contributed by atoms with Gasteiger partial charge in [-0.15, -0.1) is 0 Å². The van der Waals surface area contributed by atoms with Crippen LogP contribution in [0.15, 0.2) is 82.6 Å². The zero-order valence-corrected chi connectivity index (χ0v) is 24.8. The minimum atomic E-state index is -4.00. The Morgan fingerprint density at radius 2 is 1.48 bits per heavy atom. The molecule has 3 aromatic carbocycles. The molecule has 1 atom stereocenters. The second-order valence-electron chi connectivity index (χ2n) is 9.86. The molecule has 0 radical (unpaired) electrons. The number of benzene rings is 3. The summed E-state index contributed by atoms with van der Waals surface area (Å²) < 4.78 is 72.1. The highest BCUT2D eigenvalue weighted by Crippen LogP contribution is 2.37. The Labute approximate surface area is 246 Å². The lowest BCUT2D eigenvalue weighted by molar-refractivity contribution is -0.127. The molecule has 1 N–H and O–H groups in total. The zero-order chi connectivity index (χ0) is 29.7. The third-order valence-electron chi connectivity index (χ3n) is 7.12. The molecule has 0 aliphatic carbocycles. The molecule has 2 aliphatic heterocycles. The summed E-state index contributed by atoms with van der Waals surface area (Å²) in [5.74, 6) is 0.763. The number of rotatable bonds is 10. The second kappa shape index (κ2) is 12.6. The Balaban J connectivity index is 1.19. The molecule has 13 heteroatoms. The normalized spacial score (nSPS) is 17.5. The van der Waals surface area contributed by atoms with Gasteiger partial charge in [0.2, 0.25) is 10.0 Å². The van der Waals surface area contributed by atoms with Crippen LogP contribution in [0.1, 0.15) is 19.3 Å². The van der Waals surface area contributed by atoms with Crippen LogP contribution in [0.3, 0.4) is 0 Å². The molecule has 0 bridgehead atoms. The Morgan fingerprint density at radius 1 is 0.857 bits per heavy atom. The summed E-state index contributed by atoms with van der Waals surface area (Å²) in [7, 11) is -6.04. The van der Waals surface area contributed by atoms with Gasteiger partial charge in [-0.3, -0.25) is 9.10 Å². The molecule has 1 saturated heterocycles. The molecule has 2 aliphatic rings. The Bertz CT molecular complexity index is 1610. The van der Waals surface area contributed by atoms with Crippen molar-refractivity contribution in [2.45, 2.75) is 35.2 Å². The number of carbonyl (C=O) groups excluding carboxylic acids is 1. The van der Waals surface area contributed by atoms with Crippen molar-refractivity contribution in [1.29, 1.82) is 0 Å². The molecule has 0 saturated carbocycles. The summed E-state index contributed by atoms with van der Waals surface area (Å²) in [4.78, 5) is 13.3. The minimum Gasteiger partial charge on any atom is -0.497 e. The molecule has 0 spiro atoms. The number of anilines is 1. The van der Waals surface area contributed by atoms with Crippen LogP contribution in [0.25, 0.3) is 0 Å². The fourth-order valence-corrected chi connectivity index (χ4v) is 7.85. The van der Waals surface area contributed by atoms with E-state index in [1.54, 1.807) is 48.5 Å². The van der Waals surface area contributed by atoms with E-state index in [4.69, 9.17) is 14.2 Å². The van der Waals surface area contributed by atoms with Crippen molar-refractivity contribution in [2.75, 3.05) is 44.2 Å². The van der Waals surface area contributed by atoms with Crippen molar-refractivity contribution in [3.8, 4) is 17.2 Å². The van der Waals surface area contributed by atoms with Crippen molar-refractivity contribution in [2.24, 2.45) is 0 Å². The molecule has 5 rings (SSSR count). The van der Waals surface area contributed by atoms with Crippen LogP contribution in [0, 0.1) is 0 Å². The number of hydrogen-bond donors (Lipinski definition) is 1. The van der Waals surface area contributed by atoms with Crippen LogP contribution < -0.4 is 23.8 Å². The lowest BCUT2D eigenvalue weighted by Gasteiger charge is -2.34. The molecule has 224 valence electrons. The van der Waals surface area contributed by atoms with E-state index in [-0.39, 0.29) is 35.2 Å². The predicted molar refractivity (Wildman–Crippen MR) is 156 cm³/mol. The van der Waals surface area contributed by atoms with Gasteiger partial charge in [-0.25, -0.2) is 16.8 Å². The molecule has 42 heavy (non-hydrogen) atoms. The van der Waals surface area contributed by atoms with E-state index >= 15 is 0 Å². The fourth-order valence-electron chi connectivity index (χ4n) is 4.86. The highest BCUT2D eigenvalue weighted by molar-refractivity contribution is 7.92. The number of carbonyl (C=O) groups is 1. The van der Waals surface area contributed by atoms with E-state index < -0.39 is 32.1 Å². The quantitative estimate of drug-likeness (QED) is 0.345. The van der Waals surface area contributed by atoms with Gasteiger partial charge in [0.1, 0.15) is 23.9 Å². The maximum absolute atomic E-state index is 13.5. The molecule has 0 aromatic heterocycles. The molecule has 2 heterocycles. The lowest BCUT2D eigenvalue weighted by atomic mass is 10.2. The smallest absolute Gasteiger partial charge is 0.264 e. The van der Waals surface area contributed by atoms with E-state index in [1.165, 1.54) is 40.0 Å². The van der Waals surface area contributed by atoms with E-state index in [0.717, 1.165) is 19.3 Å². The van der Waals surface area contributed by atoms with Crippen molar-refractivity contribution in [3.63, 3.8) is 0 Å². The number of fused-ring (bicyclic) bond motifs is 1. The number of nitrogens with one attached hydrogen (secondary N) is 1. The third-order valence-corrected chi connectivity index (χ3v) is 10.8. The van der Waals surface area contributed by atoms with Crippen LogP contribution in [0.2, 0.25) is 0 Å². The number of ether oxygens (including phenoxy) is 3. The minimum absolute atomic E-state index is 0.0577. The van der Waals surface area contributed by atoms with Crippen LogP contribution in [0.4, 0.5) is 5.69 Å². The SMILES string of the molecule is COc1ccc(S(=O)(=O)N2C[C@@H](C(=O)NCCOc3ccc(S(=O)(=O)N4CCCCC4)cc3)Oc3ccccc32)cc1. The van der Waals surface area contributed by atoms with Gasteiger partial charge in [-0.1, -0.05) is 18.6 Å². The van der Waals surface area contributed by atoms with E-state index in [0.29, 0.717) is 30.3 Å². The predicted octanol–water partition coefficient (Wildman–Crippen LogP) is 3.02. The highest BCUT2D eigenvalue weighted by atomic mass is 32.2. The molecular weight excluding hydrogens is 582 g/mol. The number of sulfonamides is 2. The molecule has 11 nitrogen and oxygen atoms in total. The third kappa shape index (κ3) is 6.32. The largest absolute Gasteiger partial charge is 0.497 e. The lowest BCUT2D eigenvalue weighted by Crippen LogP contribution is -2.51. The van der Waals surface area contributed by atoms with Crippen molar-refractivity contribution < 1.29 is 35.8 Å². The summed E-state index contributed by atoms with van der Waals surface area (Å²) >= 11 is 0. The summed E-state index contributed by atoms with van der Waals surface area (Å²) in [6.07, 6.45) is 1.67. The van der Waals surface area contributed by atoms with E-state index in [2.05, 4.69) is 5.32 Å². The molecule has 1 fully saturated rings. The van der Waals surface area contributed by atoms with Gasteiger partial charge in [0, 0.05) is 13.1 Å². The molecule has 0 unspecified atom stereocenters. The number of para-hydroxylation sites is 2. The Kier molecular flexibility index (Phi) is 8.90. The van der Waals surface area contributed by atoms with Crippen molar-refractivity contribution in [1.82, 2.24) is 9.62 Å². The topological polar surface area (TPSA) is 132 Å². The maximum atomic E-state index is 13.5. The highest BCUT2D eigenvalue weighted by Gasteiger charge is 2.37. The Morgan fingerprint density at radius 3 is 2.14 bits per heavy atom. The van der Waals surface area contributed by atoms with Crippen LogP contribution in [0.5, 0.6) is 17.2 Å². The summed E-state index contributed by atoms with van der Waals surface area (Å²) in [5.41, 5.74) is 0.339. The zero-order valence-electron chi connectivity index (χ0n) is 23.1. The van der Waals surface area contributed by atoms with Crippen LogP contribution >= 0.6 is 0 Å². The fraction of sp³-hybridized carbons (Fsp3) is 0.345. The number of hydrogen-bond acceptors (Lipinski definition) is 8. The first-order chi connectivity index (χ1) is 20.2. The van der Waals surface area contributed by atoms with Crippen molar-refractivity contribution >= 4 is 31.6 Å². The number of nitrogens with zero attached hydrogens (tertiary/aromatic N) is 2. The first-order valence-electron chi connectivity index (χ1n) is 13.6. The number of piperidine rings is 1. The van der Waals surface area contributed by atoms with Gasteiger partial charge < -0.3 is 19.5 Å². The Hall–Kier alpha value is -3.81. The molecular formula is C29H33N3O8S2. The van der Waals surface area contributed by atoms with Gasteiger partial charge in [0.25, 0.3) is 15.9 Å². The summed E-state index contributed by atoms with van der Waals surface area (Å²) in [6.45, 7) is 1.08. The van der Waals surface area contributed by atoms with E-state index in [9.17, 15) is 21.6 Å². The first kappa shape index (κ1) is 29.7. The first-order valence-corrected chi connectivity index (χ1v) is 16.5. The van der Waals surface area contributed by atoms with Crippen molar-refractivity contribution in [3.05, 3.63) is 72.8 Å². The molecule has 1 amide bonds. The number of amides is 1. The average Bonchev–Trinajstić information content (AvgIpc) is 3.03. The van der Waals surface area contributed by atoms with Gasteiger partial charge >= 0.3 is 0 Å².